The SMILES string of the molecule is COc1ccc2[nH]c3c4c(c(CN5CCN(Cc6c(Cl)cccc6Cl)CC5)cc3c2c1)OC(C)(C)C=C4. The number of piperazine rings is 1. The van der Waals surface area contributed by atoms with Gasteiger partial charge in [0.15, 0.2) is 0 Å². The maximum Gasteiger partial charge on any atom is 0.134 e. The molecule has 0 aliphatic carbocycles. The fraction of sp³-hybridized carbons (Fsp3) is 0.333. The molecule has 1 aromatic heterocycles. The molecule has 6 rings (SSSR count). The van der Waals surface area contributed by atoms with E-state index in [0.717, 1.165) is 88.4 Å². The maximum absolute atomic E-state index is 6.57. The topological polar surface area (TPSA) is 40.7 Å². The Morgan fingerprint density at radius 3 is 2.35 bits per heavy atom. The average molecular weight is 537 g/mol. The van der Waals surface area contributed by atoms with Gasteiger partial charge in [0.1, 0.15) is 17.1 Å². The molecule has 0 radical (unpaired) electrons. The van der Waals surface area contributed by atoms with Gasteiger partial charge in [-0.25, -0.2) is 0 Å². The number of rotatable bonds is 5. The van der Waals surface area contributed by atoms with E-state index in [1.54, 1.807) is 7.11 Å². The largest absolute Gasteiger partial charge is 0.497 e. The molecule has 3 heterocycles. The summed E-state index contributed by atoms with van der Waals surface area (Å²) < 4.78 is 12.1. The number of methoxy groups -OCH3 is 1. The van der Waals surface area contributed by atoms with Crippen molar-refractivity contribution in [2.24, 2.45) is 0 Å². The van der Waals surface area contributed by atoms with Crippen LogP contribution in [0.1, 0.15) is 30.5 Å². The standard InChI is InChI=1S/C30H31Cl2N3O2/c1-30(2)10-9-21-28-23(22-16-20(36-3)7-8-27(22)33-28)15-19(29(21)37-30)17-34-11-13-35(14-12-34)18-24-25(31)5-4-6-26(24)32/h4-10,15-16,33H,11-14,17-18H2,1-3H3. The highest BCUT2D eigenvalue weighted by Gasteiger charge is 2.28. The van der Waals surface area contributed by atoms with Crippen LogP contribution in [0.5, 0.6) is 11.5 Å². The molecular weight excluding hydrogens is 505 g/mol. The lowest BCUT2D eigenvalue weighted by molar-refractivity contribution is 0.117. The maximum atomic E-state index is 6.57. The zero-order valence-corrected chi connectivity index (χ0v) is 22.9. The molecule has 0 atom stereocenters. The molecule has 7 heteroatoms. The van der Waals surface area contributed by atoms with E-state index in [4.69, 9.17) is 32.7 Å². The van der Waals surface area contributed by atoms with Crippen LogP contribution in [-0.2, 0) is 13.1 Å². The van der Waals surface area contributed by atoms with Crippen LogP contribution in [0.15, 0.2) is 48.5 Å². The van der Waals surface area contributed by atoms with E-state index in [9.17, 15) is 0 Å². The van der Waals surface area contributed by atoms with Crippen molar-refractivity contribution in [3.63, 3.8) is 0 Å². The second-order valence-electron chi connectivity index (χ2n) is 10.5. The highest BCUT2D eigenvalue weighted by molar-refractivity contribution is 6.36. The van der Waals surface area contributed by atoms with Gasteiger partial charge in [-0.05, 0) is 62.4 Å². The number of fused-ring (bicyclic) bond motifs is 5. The number of benzene rings is 3. The number of nitrogens with zero attached hydrogens (tertiary/aromatic N) is 2. The molecule has 0 bridgehead atoms. The third kappa shape index (κ3) is 4.70. The number of hydrogen-bond donors (Lipinski definition) is 1. The minimum absolute atomic E-state index is 0.350. The Bertz CT molecular complexity index is 1500. The van der Waals surface area contributed by atoms with Gasteiger partial charge in [-0.15, -0.1) is 0 Å². The second kappa shape index (κ2) is 9.55. The quantitative estimate of drug-likeness (QED) is 0.295. The summed E-state index contributed by atoms with van der Waals surface area (Å²) in [5, 5.41) is 3.83. The van der Waals surface area contributed by atoms with Crippen LogP contribution in [0.4, 0.5) is 0 Å². The Morgan fingerprint density at radius 2 is 1.65 bits per heavy atom. The van der Waals surface area contributed by atoms with Gasteiger partial charge in [-0.1, -0.05) is 29.3 Å². The van der Waals surface area contributed by atoms with E-state index in [1.165, 1.54) is 10.9 Å². The first kappa shape index (κ1) is 24.6. The lowest BCUT2D eigenvalue weighted by Gasteiger charge is -2.36. The number of nitrogens with one attached hydrogen (secondary N) is 1. The predicted molar refractivity (Wildman–Crippen MR) is 153 cm³/mol. The summed E-state index contributed by atoms with van der Waals surface area (Å²) in [6.45, 7) is 9.67. The molecule has 5 nitrogen and oxygen atoms in total. The smallest absolute Gasteiger partial charge is 0.134 e. The van der Waals surface area contributed by atoms with Crippen LogP contribution in [-0.4, -0.2) is 53.7 Å². The van der Waals surface area contributed by atoms with Crippen molar-refractivity contribution in [3.05, 3.63) is 75.3 Å². The monoisotopic (exact) mass is 535 g/mol. The Labute approximate surface area is 227 Å². The van der Waals surface area contributed by atoms with E-state index >= 15 is 0 Å². The Hall–Kier alpha value is -2.70. The van der Waals surface area contributed by atoms with Crippen molar-refractivity contribution in [3.8, 4) is 11.5 Å². The first-order valence-corrected chi connectivity index (χ1v) is 13.5. The Kier molecular flexibility index (Phi) is 6.36. The van der Waals surface area contributed by atoms with Crippen molar-refractivity contribution in [1.82, 2.24) is 14.8 Å². The van der Waals surface area contributed by atoms with Gasteiger partial charge in [-0.2, -0.15) is 0 Å². The summed E-state index contributed by atoms with van der Waals surface area (Å²) in [5.74, 6) is 1.83. The summed E-state index contributed by atoms with van der Waals surface area (Å²) in [6, 6.07) is 14.2. The fourth-order valence-corrected chi connectivity index (χ4v) is 5.96. The van der Waals surface area contributed by atoms with Crippen molar-refractivity contribution in [2.75, 3.05) is 33.3 Å². The summed E-state index contributed by atoms with van der Waals surface area (Å²) in [5.41, 5.74) is 5.20. The molecule has 0 saturated carbocycles. The van der Waals surface area contributed by atoms with Crippen LogP contribution in [0.2, 0.25) is 10.0 Å². The number of aromatic amines is 1. The molecule has 0 unspecified atom stereocenters. The lowest BCUT2D eigenvalue weighted by Crippen LogP contribution is -2.45. The summed E-state index contributed by atoms with van der Waals surface area (Å²) in [7, 11) is 1.71. The Morgan fingerprint density at radius 1 is 0.946 bits per heavy atom. The minimum atomic E-state index is -0.350. The number of H-pyrrole nitrogens is 1. The highest BCUT2D eigenvalue weighted by atomic mass is 35.5. The first-order valence-electron chi connectivity index (χ1n) is 12.7. The normalized spacial score (nSPS) is 17.8. The van der Waals surface area contributed by atoms with Gasteiger partial charge in [0, 0.05) is 82.3 Å². The highest BCUT2D eigenvalue weighted by Crippen LogP contribution is 2.42. The zero-order chi connectivity index (χ0) is 25.7. The van der Waals surface area contributed by atoms with Crippen molar-refractivity contribution in [2.45, 2.75) is 32.5 Å². The van der Waals surface area contributed by atoms with Crippen LogP contribution in [0, 0.1) is 0 Å². The molecule has 192 valence electrons. The Balaban J connectivity index is 1.29. The van der Waals surface area contributed by atoms with E-state index < -0.39 is 0 Å². The molecule has 1 fully saturated rings. The van der Waals surface area contributed by atoms with Crippen molar-refractivity contribution >= 4 is 51.1 Å². The van der Waals surface area contributed by atoms with Crippen molar-refractivity contribution < 1.29 is 9.47 Å². The van der Waals surface area contributed by atoms with E-state index in [0.29, 0.717) is 0 Å². The van der Waals surface area contributed by atoms with Gasteiger partial charge in [0.2, 0.25) is 0 Å². The van der Waals surface area contributed by atoms with Gasteiger partial charge in [-0.3, -0.25) is 9.80 Å². The number of hydrogen-bond acceptors (Lipinski definition) is 4. The summed E-state index contributed by atoms with van der Waals surface area (Å²) >= 11 is 12.8. The number of halogens is 2. The van der Waals surface area contributed by atoms with Gasteiger partial charge < -0.3 is 14.5 Å². The third-order valence-corrected chi connectivity index (χ3v) is 8.20. The molecule has 2 aliphatic rings. The third-order valence-electron chi connectivity index (χ3n) is 7.49. The van der Waals surface area contributed by atoms with Crippen molar-refractivity contribution in [1.29, 1.82) is 0 Å². The summed E-state index contributed by atoms with van der Waals surface area (Å²) in [6.07, 6.45) is 4.35. The summed E-state index contributed by atoms with van der Waals surface area (Å²) in [4.78, 5) is 8.56. The van der Waals surface area contributed by atoms with E-state index in [1.807, 2.05) is 24.3 Å². The molecule has 1 saturated heterocycles. The molecule has 4 aromatic rings. The minimum Gasteiger partial charge on any atom is -0.497 e. The first-order chi connectivity index (χ1) is 17.8. The number of ether oxygens (including phenoxy) is 2. The zero-order valence-electron chi connectivity index (χ0n) is 21.4. The van der Waals surface area contributed by atoms with Crippen LogP contribution in [0.25, 0.3) is 27.9 Å². The van der Waals surface area contributed by atoms with Crippen LogP contribution in [0.3, 0.4) is 0 Å². The molecular formula is C30H31Cl2N3O2. The van der Waals surface area contributed by atoms with Gasteiger partial charge >= 0.3 is 0 Å². The second-order valence-corrected chi connectivity index (χ2v) is 11.3. The molecule has 2 aliphatic heterocycles. The van der Waals surface area contributed by atoms with Crippen LogP contribution < -0.4 is 9.47 Å². The lowest BCUT2D eigenvalue weighted by atomic mass is 9.96. The molecule has 1 N–H and O–H groups in total. The molecule has 0 spiro atoms. The van der Waals surface area contributed by atoms with Crippen LogP contribution >= 0.6 is 23.2 Å². The fourth-order valence-electron chi connectivity index (χ4n) is 5.44. The van der Waals surface area contributed by atoms with E-state index in [-0.39, 0.29) is 5.60 Å². The molecule has 3 aromatic carbocycles. The molecule has 37 heavy (non-hydrogen) atoms. The predicted octanol–water partition coefficient (Wildman–Crippen LogP) is 7.14. The van der Waals surface area contributed by atoms with Gasteiger partial charge in [0.25, 0.3) is 0 Å². The van der Waals surface area contributed by atoms with E-state index in [2.05, 4.69) is 59.0 Å². The average Bonchev–Trinajstić information content (AvgIpc) is 3.24. The molecule has 0 amide bonds. The number of aromatic nitrogens is 1. The van der Waals surface area contributed by atoms with Gasteiger partial charge in [0.05, 0.1) is 12.6 Å².